The molecule has 2 N–H and O–H groups in total. The van der Waals surface area contributed by atoms with Crippen LogP contribution in [0.5, 0.6) is 0 Å². The van der Waals surface area contributed by atoms with Crippen LogP contribution in [0.15, 0.2) is 60.7 Å². The third kappa shape index (κ3) is 6.34. The third-order valence-corrected chi connectivity index (χ3v) is 4.49. The van der Waals surface area contributed by atoms with Crippen LogP contribution in [-0.4, -0.2) is 33.9 Å². The summed E-state index contributed by atoms with van der Waals surface area (Å²) in [7, 11) is 0. The number of aliphatic hydroxyl groups excluding tert-OH is 2. The van der Waals surface area contributed by atoms with Crippen molar-refractivity contribution in [2.24, 2.45) is 0 Å². The van der Waals surface area contributed by atoms with Gasteiger partial charge in [-0.1, -0.05) is 60.7 Å². The Labute approximate surface area is 130 Å². The summed E-state index contributed by atoms with van der Waals surface area (Å²) >= 11 is 1.61. The lowest BCUT2D eigenvalue weighted by Crippen LogP contribution is -2.18. The number of thioether (sulfide) groups is 1. The summed E-state index contributed by atoms with van der Waals surface area (Å²) in [6, 6.07) is 20.0. The zero-order chi connectivity index (χ0) is 14.9. The molecule has 0 saturated carbocycles. The predicted molar refractivity (Wildman–Crippen MR) is 89.6 cm³/mol. The molecule has 0 spiro atoms. The first-order valence-corrected chi connectivity index (χ1v) is 8.41. The van der Waals surface area contributed by atoms with Gasteiger partial charge in [-0.3, -0.25) is 0 Å². The molecule has 0 aliphatic heterocycles. The molecule has 0 heterocycles. The van der Waals surface area contributed by atoms with Crippen molar-refractivity contribution in [3.8, 4) is 0 Å². The van der Waals surface area contributed by atoms with Crippen molar-refractivity contribution in [2.45, 2.75) is 25.0 Å². The van der Waals surface area contributed by atoms with Gasteiger partial charge in [-0.05, 0) is 24.0 Å². The van der Waals surface area contributed by atoms with Gasteiger partial charge >= 0.3 is 0 Å². The molecule has 0 saturated heterocycles. The fraction of sp³-hybridized carbons (Fsp3) is 0.333. The molecule has 112 valence electrons. The highest BCUT2D eigenvalue weighted by Crippen LogP contribution is 2.12. The van der Waals surface area contributed by atoms with E-state index in [0.717, 1.165) is 11.1 Å². The van der Waals surface area contributed by atoms with Gasteiger partial charge in [0, 0.05) is 11.5 Å². The Bertz CT molecular complexity index is 454. The van der Waals surface area contributed by atoms with Crippen molar-refractivity contribution >= 4 is 11.8 Å². The fourth-order valence-corrected chi connectivity index (χ4v) is 3.15. The highest BCUT2D eigenvalue weighted by atomic mass is 32.2. The lowest BCUT2D eigenvalue weighted by molar-refractivity contribution is 0.195. The van der Waals surface area contributed by atoms with Crippen LogP contribution in [0, 0.1) is 0 Å². The number of benzene rings is 2. The van der Waals surface area contributed by atoms with Gasteiger partial charge in [0.25, 0.3) is 0 Å². The summed E-state index contributed by atoms with van der Waals surface area (Å²) in [6.45, 7) is 0. The largest absolute Gasteiger partial charge is 0.392 e. The SMILES string of the molecule is OC(CSCC(O)Cc1ccccc1)Cc1ccccc1. The average molecular weight is 302 g/mol. The molecular formula is C18H22O2S. The lowest BCUT2D eigenvalue weighted by atomic mass is 10.1. The van der Waals surface area contributed by atoms with E-state index in [1.54, 1.807) is 11.8 Å². The maximum Gasteiger partial charge on any atom is 0.0670 e. The molecule has 0 amide bonds. The number of rotatable bonds is 8. The molecule has 0 aliphatic carbocycles. The number of hydrogen-bond acceptors (Lipinski definition) is 3. The summed E-state index contributed by atoms with van der Waals surface area (Å²) in [6.07, 6.45) is 0.619. The molecule has 0 radical (unpaired) electrons. The molecule has 0 aromatic heterocycles. The van der Waals surface area contributed by atoms with Crippen LogP contribution < -0.4 is 0 Å². The maximum absolute atomic E-state index is 10.0. The van der Waals surface area contributed by atoms with Crippen molar-refractivity contribution in [2.75, 3.05) is 11.5 Å². The Kier molecular flexibility index (Phi) is 6.80. The van der Waals surface area contributed by atoms with Gasteiger partial charge in [0.15, 0.2) is 0 Å². The minimum absolute atomic E-state index is 0.360. The average Bonchev–Trinajstić information content (AvgIpc) is 2.49. The van der Waals surface area contributed by atoms with Gasteiger partial charge in [0.05, 0.1) is 12.2 Å². The zero-order valence-corrected chi connectivity index (χ0v) is 12.9. The van der Waals surface area contributed by atoms with Crippen molar-refractivity contribution in [3.63, 3.8) is 0 Å². The molecule has 21 heavy (non-hydrogen) atoms. The highest BCUT2D eigenvalue weighted by Gasteiger charge is 2.09. The summed E-state index contributed by atoms with van der Waals surface area (Å²) in [5, 5.41) is 20.0. The lowest BCUT2D eigenvalue weighted by Gasteiger charge is -2.13. The van der Waals surface area contributed by atoms with Gasteiger partial charge in [-0.2, -0.15) is 11.8 Å². The van der Waals surface area contributed by atoms with Crippen LogP contribution in [0.2, 0.25) is 0 Å². The van der Waals surface area contributed by atoms with Crippen LogP contribution in [0.4, 0.5) is 0 Å². The number of hydrogen-bond donors (Lipinski definition) is 2. The number of aliphatic hydroxyl groups is 2. The van der Waals surface area contributed by atoms with Crippen LogP contribution in [-0.2, 0) is 12.8 Å². The molecule has 2 rings (SSSR count). The minimum Gasteiger partial charge on any atom is -0.392 e. The molecule has 3 heteroatoms. The van der Waals surface area contributed by atoms with E-state index in [1.165, 1.54) is 0 Å². The van der Waals surface area contributed by atoms with Crippen LogP contribution in [0.1, 0.15) is 11.1 Å². The van der Waals surface area contributed by atoms with E-state index in [9.17, 15) is 10.2 Å². The van der Waals surface area contributed by atoms with Gasteiger partial charge in [0.1, 0.15) is 0 Å². The van der Waals surface area contributed by atoms with E-state index >= 15 is 0 Å². The second kappa shape index (κ2) is 8.88. The summed E-state index contributed by atoms with van der Waals surface area (Å²) < 4.78 is 0. The van der Waals surface area contributed by atoms with Crippen molar-refractivity contribution in [1.29, 1.82) is 0 Å². The van der Waals surface area contributed by atoms with E-state index in [0.29, 0.717) is 24.3 Å². The summed E-state index contributed by atoms with van der Waals surface area (Å²) in [5.41, 5.74) is 2.30. The molecule has 2 nitrogen and oxygen atoms in total. The minimum atomic E-state index is -0.360. The highest BCUT2D eigenvalue weighted by molar-refractivity contribution is 7.99. The first-order chi connectivity index (χ1) is 10.2. The molecule has 0 aliphatic rings. The van der Waals surface area contributed by atoms with Gasteiger partial charge in [0.2, 0.25) is 0 Å². The molecule has 2 unspecified atom stereocenters. The smallest absolute Gasteiger partial charge is 0.0670 e. The standard InChI is InChI=1S/C18H22O2S/c19-17(11-15-7-3-1-4-8-15)13-21-14-18(20)12-16-9-5-2-6-10-16/h1-10,17-20H,11-14H2. The normalized spacial score (nSPS) is 13.8. The van der Waals surface area contributed by atoms with Crippen LogP contribution in [0.25, 0.3) is 0 Å². The summed E-state index contributed by atoms with van der Waals surface area (Å²) in [5.74, 6) is 1.31. The monoisotopic (exact) mass is 302 g/mol. The third-order valence-electron chi connectivity index (χ3n) is 3.25. The van der Waals surface area contributed by atoms with E-state index in [2.05, 4.69) is 0 Å². The first-order valence-electron chi connectivity index (χ1n) is 7.26. The Hall–Kier alpha value is -1.29. The van der Waals surface area contributed by atoms with E-state index in [-0.39, 0.29) is 12.2 Å². The molecule has 0 fully saturated rings. The zero-order valence-electron chi connectivity index (χ0n) is 12.1. The quantitative estimate of drug-likeness (QED) is 0.788. The van der Waals surface area contributed by atoms with Crippen LogP contribution in [0.3, 0.4) is 0 Å². The summed E-state index contributed by atoms with van der Waals surface area (Å²) in [4.78, 5) is 0. The van der Waals surface area contributed by atoms with E-state index in [4.69, 9.17) is 0 Å². The van der Waals surface area contributed by atoms with Gasteiger partial charge < -0.3 is 10.2 Å². The predicted octanol–water partition coefficient (Wildman–Crippen LogP) is 2.93. The van der Waals surface area contributed by atoms with Crippen molar-refractivity contribution < 1.29 is 10.2 Å². The van der Waals surface area contributed by atoms with E-state index in [1.807, 2.05) is 60.7 Å². The fourth-order valence-electron chi connectivity index (χ4n) is 2.23. The molecule has 2 atom stereocenters. The van der Waals surface area contributed by atoms with Crippen LogP contribution >= 0.6 is 11.8 Å². The van der Waals surface area contributed by atoms with E-state index < -0.39 is 0 Å². The van der Waals surface area contributed by atoms with Gasteiger partial charge in [-0.15, -0.1) is 0 Å². The molecule has 2 aromatic carbocycles. The molecule has 0 bridgehead atoms. The topological polar surface area (TPSA) is 40.5 Å². The first kappa shape index (κ1) is 16.1. The Balaban J connectivity index is 1.64. The Morgan fingerprint density at radius 3 is 1.43 bits per heavy atom. The van der Waals surface area contributed by atoms with Crippen molar-refractivity contribution in [3.05, 3.63) is 71.8 Å². The van der Waals surface area contributed by atoms with Crippen molar-refractivity contribution in [1.82, 2.24) is 0 Å². The molecule has 2 aromatic rings. The Morgan fingerprint density at radius 2 is 1.05 bits per heavy atom. The second-order valence-corrected chi connectivity index (χ2v) is 6.30. The molecular weight excluding hydrogens is 280 g/mol. The Morgan fingerprint density at radius 1 is 0.667 bits per heavy atom. The maximum atomic E-state index is 10.0. The second-order valence-electron chi connectivity index (χ2n) is 5.22. The van der Waals surface area contributed by atoms with Gasteiger partial charge in [-0.25, -0.2) is 0 Å².